The number of rotatable bonds is 3. The van der Waals surface area contributed by atoms with Crippen LogP contribution in [-0.2, 0) is 6.54 Å². The molecule has 0 atom stereocenters. The second-order valence-electron chi connectivity index (χ2n) is 5.76. The highest BCUT2D eigenvalue weighted by molar-refractivity contribution is 7.16. The summed E-state index contributed by atoms with van der Waals surface area (Å²) in [4.78, 5) is 3.43. The van der Waals surface area contributed by atoms with Crippen LogP contribution in [0.1, 0.15) is 42.4 Å². The standard InChI is InChI=1S/C13H20N6S/c1-3-10(4-1)12-15-16-13-19(12)17-11(20-13)9-18-7-2-5-14-6-8-18/h10,14H,1-9H2. The number of hydrogen-bond donors (Lipinski definition) is 1. The first-order valence-corrected chi connectivity index (χ1v) is 8.36. The second kappa shape index (κ2) is 5.38. The van der Waals surface area contributed by atoms with Gasteiger partial charge in [-0.25, -0.2) is 0 Å². The summed E-state index contributed by atoms with van der Waals surface area (Å²) in [6.45, 7) is 5.42. The molecule has 7 heteroatoms. The molecule has 0 radical (unpaired) electrons. The summed E-state index contributed by atoms with van der Waals surface area (Å²) in [6, 6.07) is 0. The zero-order valence-corrected chi connectivity index (χ0v) is 12.4. The minimum Gasteiger partial charge on any atom is -0.315 e. The van der Waals surface area contributed by atoms with Gasteiger partial charge in [-0.3, -0.25) is 4.90 Å². The molecule has 2 aliphatic rings. The molecule has 2 fully saturated rings. The molecule has 20 heavy (non-hydrogen) atoms. The van der Waals surface area contributed by atoms with E-state index in [9.17, 15) is 0 Å². The summed E-state index contributed by atoms with van der Waals surface area (Å²) < 4.78 is 1.99. The van der Waals surface area contributed by atoms with Gasteiger partial charge in [0.05, 0.1) is 6.54 Å². The van der Waals surface area contributed by atoms with Gasteiger partial charge in [0.2, 0.25) is 4.96 Å². The minimum atomic E-state index is 0.585. The topological polar surface area (TPSA) is 58.4 Å². The fraction of sp³-hybridized carbons (Fsp3) is 0.769. The molecule has 1 aliphatic heterocycles. The molecule has 6 nitrogen and oxygen atoms in total. The van der Waals surface area contributed by atoms with Crippen molar-refractivity contribution in [3.05, 3.63) is 10.8 Å². The van der Waals surface area contributed by atoms with Gasteiger partial charge >= 0.3 is 0 Å². The number of aromatic nitrogens is 4. The molecule has 3 heterocycles. The van der Waals surface area contributed by atoms with E-state index in [-0.39, 0.29) is 0 Å². The van der Waals surface area contributed by atoms with Crippen LogP contribution >= 0.6 is 11.3 Å². The number of nitrogens with zero attached hydrogens (tertiary/aromatic N) is 5. The van der Waals surface area contributed by atoms with E-state index in [1.165, 1.54) is 25.7 Å². The van der Waals surface area contributed by atoms with Crippen molar-refractivity contribution in [3.63, 3.8) is 0 Å². The first-order valence-electron chi connectivity index (χ1n) is 7.54. The van der Waals surface area contributed by atoms with E-state index in [4.69, 9.17) is 5.10 Å². The van der Waals surface area contributed by atoms with Gasteiger partial charge in [0.1, 0.15) is 5.01 Å². The highest BCUT2D eigenvalue weighted by Crippen LogP contribution is 2.35. The first kappa shape index (κ1) is 12.7. The van der Waals surface area contributed by atoms with Crippen molar-refractivity contribution >= 4 is 16.3 Å². The van der Waals surface area contributed by atoms with Crippen LogP contribution in [0.2, 0.25) is 0 Å². The van der Waals surface area contributed by atoms with E-state index in [0.717, 1.165) is 48.5 Å². The van der Waals surface area contributed by atoms with Crippen LogP contribution in [0.15, 0.2) is 0 Å². The van der Waals surface area contributed by atoms with E-state index >= 15 is 0 Å². The third kappa shape index (κ3) is 2.34. The molecule has 1 aliphatic carbocycles. The van der Waals surface area contributed by atoms with Crippen LogP contribution in [0.25, 0.3) is 4.96 Å². The molecular weight excluding hydrogens is 272 g/mol. The number of hydrogen-bond acceptors (Lipinski definition) is 6. The predicted molar refractivity (Wildman–Crippen MR) is 78.0 cm³/mol. The summed E-state index contributed by atoms with van der Waals surface area (Å²) in [6.07, 6.45) is 5.02. The van der Waals surface area contributed by atoms with Crippen molar-refractivity contribution in [2.24, 2.45) is 0 Å². The molecule has 1 saturated carbocycles. The lowest BCUT2D eigenvalue weighted by atomic mass is 9.85. The van der Waals surface area contributed by atoms with Crippen molar-refractivity contribution in [2.75, 3.05) is 26.2 Å². The monoisotopic (exact) mass is 292 g/mol. The molecule has 0 bridgehead atoms. The maximum Gasteiger partial charge on any atom is 0.234 e. The molecular formula is C13H20N6S. The fourth-order valence-corrected chi connectivity index (χ4v) is 3.79. The first-order chi connectivity index (χ1) is 9.90. The average molecular weight is 292 g/mol. The Balaban J connectivity index is 1.53. The summed E-state index contributed by atoms with van der Waals surface area (Å²) in [5.74, 6) is 1.66. The highest BCUT2D eigenvalue weighted by atomic mass is 32.1. The second-order valence-corrected chi connectivity index (χ2v) is 6.80. The highest BCUT2D eigenvalue weighted by Gasteiger charge is 2.26. The molecule has 0 amide bonds. The third-order valence-electron chi connectivity index (χ3n) is 4.32. The zero-order chi connectivity index (χ0) is 13.4. The SMILES string of the molecule is C1CC(c2nnc3sc(CN4CCCNCC4)nn23)C1. The zero-order valence-electron chi connectivity index (χ0n) is 11.6. The molecule has 2 aromatic heterocycles. The average Bonchev–Trinajstić information content (AvgIpc) is 2.81. The lowest BCUT2D eigenvalue weighted by Gasteiger charge is -2.22. The van der Waals surface area contributed by atoms with Crippen molar-refractivity contribution < 1.29 is 0 Å². The summed E-state index contributed by atoms with van der Waals surface area (Å²) >= 11 is 1.69. The van der Waals surface area contributed by atoms with Gasteiger partial charge in [-0.1, -0.05) is 17.8 Å². The van der Waals surface area contributed by atoms with Gasteiger partial charge in [-0.05, 0) is 32.4 Å². The van der Waals surface area contributed by atoms with E-state index in [2.05, 4.69) is 20.4 Å². The van der Waals surface area contributed by atoms with Crippen LogP contribution in [0, 0.1) is 0 Å². The van der Waals surface area contributed by atoms with E-state index in [1.807, 2.05) is 4.52 Å². The Morgan fingerprint density at radius 2 is 2.10 bits per heavy atom. The fourth-order valence-electron chi connectivity index (χ4n) is 2.91. The van der Waals surface area contributed by atoms with Crippen molar-refractivity contribution in [3.8, 4) is 0 Å². The summed E-state index contributed by atoms with van der Waals surface area (Å²) in [5.41, 5.74) is 0. The summed E-state index contributed by atoms with van der Waals surface area (Å²) in [7, 11) is 0. The molecule has 4 rings (SSSR count). The summed E-state index contributed by atoms with van der Waals surface area (Å²) in [5, 5.41) is 18.0. The maximum atomic E-state index is 4.75. The molecule has 1 saturated heterocycles. The van der Waals surface area contributed by atoms with Crippen molar-refractivity contribution in [1.82, 2.24) is 30.0 Å². The maximum absolute atomic E-state index is 4.75. The van der Waals surface area contributed by atoms with Crippen LogP contribution in [0.5, 0.6) is 0 Å². The molecule has 108 valence electrons. The van der Waals surface area contributed by atoms with Crippen molar-refractivity contribution in [1.29, 1.82) is 0 Å². The predicted octanol–water partition coefficient (Wildman–Crippen LogP) is 1.25. The van der Waals surface area contributed by atoms with Crippen LogP contribution in [0.4, 0.5) is 0 Å². The Kier molecular flexibility index (Phi) is 3.41. The quantitative estimate of drug-likeness (QED) is 0.922. The lowest BCUT2D eigenvalue weighted by molar-refractivity contribution is 0.282. The van der Waals surface area contributed by atoms with E-state index in [0.29, 0.717) is 5.92 Å². The Labute approximate surface area is 122 Å². The van der Waals surface area contributed by atoms with Gasteiger partial charge in [-0.2, -0.15) is 9.61 Å². The largest absolute Gasteiger partial charge is 0.315 e. The molecule has 2 aromatic rings. The van der Waals surface area contributed by atoms with Gasteiger partial charge in [0, 0.05) is 19.0 Å². The van der Waals surface area contributed by atoms with Gasteiger partial charge in [0.15, 0.2) is 5.82 Å². The van der Waals surface area contributed by atoms with Crippen molar-refractivity contribution in [2.45, 2.75) is 38.1 Å². The van der Waals surface area contributed by atoms with Gasteiger partial charge < -0.3 is 5.32 Å². The molecule has 0 unspecified atom stereocenters. The van der Waals surface area contributed by atoms with Crippen LogP contribution in [0.3, 0.4) is 0 Å². The van der Waals surface area contributed by atoms with E-state index < -0.39 is 0 Å². The van der Waals surface area contributed by atoms with Crippen LogP contribution in [-0.4, -0.2) is 50.9 Å². The van der Waals surface area contributed by atoms with Crippen LogP contribution < -0.4 is 5.32 Å². The molecule has 0 aromatic carbocycles. The Bertz CT molecular complexity index is 579. The third-order valence-corrected chi connectivity index (χ3v) is 5.20. The Morgan fingerprint density at radius 3 is 2.95 bits per heavy atom. The Hall–Kier alpha value is -1.05. The lowest BCUT2D eigenvalue weighted by Crippen LogP contribution is -2.27. The number of fused-ring (bicyclic) bond motifs is 1. The minimum absolute atomic E-state index is 0.585. The smallest absolute Gasteiger partial charge is 0.234 e. The molecule has 1 N–H and O–H groups in total. The van der Waals surface area contributed by atoms with Gasteiger partial charge in [0.25, 0.3) is 0 Å². The normalized spacial score (nSPS) is 22.0. The van der Waals surface area contributed by atoms with E-state index in [1.54, 1.807) is 11.3 Å². The Morgan fingerprint density at radius 1 is 1.15 bits per heavy atom. The molecule has 0 spiro atoms. The number of nitrogens with one attached hydrogen (secondary N) is 1. The van der Waals surface area contributed by atoms with Gasteiger partial charge in [-0.15, -0.1) is 10.2 Å².